The van der Waals surface area contributed by atoms with E-state index in [-0.39, 0.29) is 11.7 Å². The number of esters is 1. The standard InChI is InChI=1S/C14H13N3O2S2/c1-17-13(15-16-14(17)21-8-12(18)19-2)10-7-20-11-6-4-3-5-9(10)11/h3-7H,8H2,1-2H3. The first-order valence-corrected chi connectivity index (χ1v) is 8.13. The highest BCUT2D eigenvalue weighted by atomic mass is 32.2. The first kappa shape index (κ1) is 14.1. The number of benzene rings is 1. The number of ether oxygens (including phenoxy) is 1. The Bertz CT molecular complexity index is 794. The molecule has 0 aliphatic carbocycles. The Labute approximate surface area is 129 Å². The molecule has 0 atom stereocenters. The first-order chi connectivity index (χ1) is 10.2. The van der Waals surface area contributed by atoms with E-state index < -0.39 is 0 Å². The topological polar surface area (TPSA) is 57.0 Å². The number of fused-ring (bicyclic) bond motifs is 1. The molecule has 3 aromatic rings. The van der Waals surface area contributed by atoms with Crippen LogP contribution in [0.5, 0.6) is 0 Å². The zero-order valence-electron chi connectivity index (χ0n) is 11.6. The fraction of sp³-hybridized carbons (Fsp3) is 0.214. The second kappa shape index (κ2) is 5.87. The summed E-state index contributed by atoms with van der Waals surface area (Å²) in [6.07, 6.45) is 0. The van der Waals surface area contributed by atoms with Gasteiger partial charge in [-0.1, -0.05) is 30.0 Å². The number of carbonyl (C=O) groups excluding carboxylic acids is 1. The van der Waals surface area contributed by atoms with Gasteiger partial charge in [0, 0.05) is 28.1 Å². The van der Waals surface area contributed by atoms with Gasteiger partial charge in [-0.3, -0.25) is 4.79 Å². The second-order valence-electron chi connectivity index (χ2n) is 4.38. The van der Waals surface area contributed by atoms with E-state index in [0.717, 1.165) is 11.4 Å². The maximum atomic E-state index is 11.2. The third-order valence-corrected chi connectivity index (χ3v) is 5.06. The zero-order chi connectivity index (χ0) is 14.8. The van der Waals surface area contributed by atoms with E-state index in [1.54, 1.807) is 11.3 Å². The van der Waals surface area contributed by atoms with Crippen molar-refractivity contribution in [3.05, 3.63) is 29.6 Å². The van der Waals surface area contributed by atoms with Crippen molar-refractivity contribution < 1.29 is 9.53 Å². The summed E-state index contributed by atoms with van der Waals surface area (Å²) in [5.74, 6) is 0.762. The predicted octanol–water partition coefficient (Wildman–Crippen LogP) is 2.96. The predicted molar refractivity (Wildman–Crippen MR) is 84.6 cm³/mol. The van der Waals surface area contributed by atoms with Crippen LogP contribution in [0.4, 0.5) is 0 Å². The van der Waals surface area contributed by atoms with Crippen molar-refractivity contribution in [3.63, 3.8) is 0 Å². The molecule has 0 radical (unpaired) electrons. The van der Waals surface area contributed by atoms with E-state index >= 15 is 0 Å². The molecule has 1 aromatic carbocycles. The molecule has 7 heteroatoms. The fourth-order valence-electron chi connectivity index (χ4n) is 2.01. The molecule has 108 valence electrons. The van der Waals surface area contributed by atoms with Gasteiger partial charge in [-0.2, -0.15) is 0 Å². The van der Waals surface area contributed by atoms with E-state index in [9.17, 15) is 4.79 Å². The molecular formula is C14H13N3O2S2. The van der Waals surface area contributed by atoms with Crippen molar-refractivity contribution in [1.29, 1.82) is 0 Å². The number of carbonyl (C=O) groups is 1. The Morgan fingerprint density at radius 3 is 3.00 bits per heavy atom. The molecule has 21 heavy (non-hydrogen) atoms. The third kappa shape index (κ3) is 2.66. The van der Waals surface area contributed by atoms with E-state index in [4.69, 9.17) is 0 Å². The quantitative estimate of drug-likeness (QED) is 0.546. The minimum Gasteiger partial charge on any atom is -0.468 e. The number of rotatable bonds is 4. The van der Waals surface area contributed by atoms with E-state index in [1.807, 2.05) is 23.7 Å². The highest BCUT2D eigenvalue weighted by molar-refractivity contribution is 7.99. The maximum absolute atomic E-state index is 11.2. The van der Waals surface area contributed by atoms with Gasteiger partial charge in [0.25, 0.3) is 0 Å². The van der Waals surface area contributed by atoms with Crippen LogP contribution in [0.25, 0.3) is 21.5 Å². The van der Waals surface area contributed by atoms with Gasteiger partial charge in [0.05, 0.1) is 12.9 Å². The summed E-state index contributed by atoms with van der Waals surface area (Å²) in [6.45, 7) is 0. The molecule has 0 bridgehead atoms. The SMILES string of the molecule is COC(=O)CSc1nnc(-c2csc3ccccc23)n1C. The molecule has 0 spiro atoms. The van der Waals surface area contributed by atoms with Crippen molar-refractivity contribution in [2.75, 3.05) is 12.9 Å². The molecule has 3 rings (SSSR count). The lowest BCUT2D eigenvalue weighted by atomic mass is 10.2. The molecule has 0 N–H and O–H groups in total. The van der Waals surface area contributed by atoms with Crippen molar-refractivity contribution in [3.8, 4) is 11.4 Å². The Kier molecular flexibility index (Phi) is 3.94. The Morgan fingerprint density at radius 2 is 2.19 bits per heavy atom. The summed E-state index contributed by atoms with van der Waals surface area (Å²) in [5, 5.41) is 12.4. The van der Waals surface area contributed by atoms with Crippen LogP contribution in [0.2, 0.25) is 0 Å². The van der Waals surface area contributed by atoms with Crippen LogP contribution in [0, 0.1) is 0 Å². The number of methoxy groups -OCH3 is 1. The smallest absolute Gasteiger partial charge is 0.316 e. The average molecular weight is 319 g/mol. The molecule has 0 aliphatic rings. The highest BCUT2D eigenvalue weighted by Crippen LogP contribution is 2.33. The normalized spacial score (nSPS) is 11.0. The first-order valence-electron chi connectivity index (χ1n) is 6.26. The van der Waals surface area contributed by atoms with Gasteiger partial charge in [0.2, 0.25) is 0 Å². The van der Waals surface area contributed by atoms with Crippen LogP contribution in [-0.4, -0.2) is 33.6 Å². The van der Waals surface area contributed by atoms with Crippen molar-refractivity contribution >= 4 is 39.2 Å². The number of hydrogen-bond donors (Lipinski definition) is 0. The maximum Gasteiger partial charge on any atom is 0.316 e. The Hall–Kier alpha value is -1.86. The van der Waals surface area contributed by atoms with Crippen LogP contribution in [0.15, 0.2) is 34.8 Å². The number of nitrogens with zero attached hydrogens (tertiary/aromatic N) is 3. The zero-order valence-corrected chi connectivity index (χ0v) is 13.2. The number of aromatic nitrogens is 3. The lowest BCUT2D eigenvalue weighted by Crippen LogP contribution is -2.04. The molecule has 0 aliphatic heterocycles. The van der Waals surface area contributed by atoms with E-state index in [0.29, 0.717) is 5.16 Å². The summed E-state index contributed by atoms with van der Waals surface area (Å²) in [7, 11) is 3.28. The fourth-order valence-corrected chi connectivity index (χ4v) is 3.69. The van der Waals surface area contributed by atoms with Gasteiger partial charge in [-0.25, -0.2) is 0 Å². The van der Waals surface area contributed by atoms with Crippen molar-refractivity contribution in [2.45, 2.75) is 5.16 Å². The summed E-state index contributed by atoms with van der Waals surface area (Å²) >= 11 is 3.01. The lowest BCUT2D eigenvalue weighted by Gasteiger charge is -2.02. The molecule has 0 amide bonds. The monoisotopic (exact) mass is 319 g/mol. The molecule has 2 heterocycles. The van der Waals surface area contributed by atoms with Crippen LogP contribution < -0.4 is 0 Å². The van der Waals surface area contributed by atoms with E-state index in [1.165, 1.54) is 29.0 Å². The van der Waals surface area contributed by atoms with Crippen LogP contribution in [-0.2, 0) is 16.6 Å². The van der Waals surface area contributed by atoms with Gasteiger partial charge in [0.15, 0.2) is 11.0 Å². The summed E-state index contributed by atoms with van der Waals surface area (Å²) in [4.78, 5) is 11.2. The molecular weight excluding hydrogens is 306 g/mol. The van der Waals surface area contributed by atoms with Gasteiger partial charge in [-0.15, -0.1) is 21.5 Å². The van der Waals surface area contributed by atoms with Gasteiger partial charge in [-0.05, 0) is 6.07 Å². The molecule has 5 nitrogen and oxygen atoms in total. The Morgan fingerprint density at radius 1 is 1.38 bits per heavy atom. The molecule has 0 unspecified atom stereocenters. The third-order valence-electron chi connectivity index (χ3n) is 3.10. The van der Waals surface area contributed by atoms with Gasteiger partial charge < -0.3 is 9.30 Å². The molecule has 2 aromatic heterocycles. The van der Waals surface area contributed by atoms with Crippen molar-refractivity contribution in [2.24, 2.45) is 7.05 Å². The summed E-state index contributed by atoms with van der Waals surface area (Å²) in [6, 6.07) is 8.21. The van der Waals surface area contributed by atoms with Crippen LogP contribution in [0.1, 0.15) is 0 Å². The van der Waals surface area contributed by atoms with Crippen molar-refractivity contribution in [1.82, 2.24) is 14.8 Å². The molecule has 0 saturated carbocycles. The summed E-state index contributed by atoms with van der Waals surface area (Å²) in [5.41, 5.74) is 1.07. The lowest BCUT2D eigenvalue weighted by molar-refractivity contribution is -0.137. The van der Waals surface area contributed by atoms with Gasteiger partial charge in [0.1, 0.15) is 0 Å². The second-order valence-corrected chi connectivity index (χ2v) is 6.23. The van der Waals surface area contributed by atoms with Crippen LogP contribution in [0.3, 0.4) is 0 Å². The summed E-state index contributed by atoms with van der Waals surface area (Å²) < 4.78 is 7.76. The molecule has 0 fully saturated rings. The number of hydrogen-bond acceptors (Lipinski definition) is 6. The average Bonchev–Trinajstić information content (AvgIpc) is 3.08. The van der Waals surface area contributed by atoms with E-state index in [2.05, 4.69) is 32.4 Å². The number of thioether (sulfide) groups is 1. The van der Waals surface area contributed by atoms with Gasteiger partial charge >= 0.3 is 5.97 Å². The van der Waals surface area contributed by atoms with Crippen LogP contribution >= 0.6 is 23.1 Å². The highest BCUT2D eigenvalue weighted by Gasteiger charge is 2.15. The molecule has 0 saturated heterocycles. The number of thiophene rings is 1. The Balaban J connectivity index is 1.93. The largest absolute Gasteiger partial charge is 0.468 e. The minimum atomic E-state index is -0.273. The minimum absolute atomic E-state index is 0.229.